The molecule has 1 aromatic rings. The Morgan fingerprint density at radius 3 is 2.11 bits per heavy atom. The molecule has 0 amide bonds. The van der Waals surface area contributed by atoms with E-state index in [9.17, 15) is 4.39 Å². The van der Waals surface area contributed by atoms with Crippen molar-refractivity contribution in [2.45, 2.75) is 58.3 Å². The molecule has 0 saturated carbocycles. The summed E-state index contributed by atoms with van der Waals surface area (Å²) in [5, 5.41) is 0. The molecule has 1 aromatic carbocycles. The normalized spacial score (nSPS) is 17.4. The van der Waals surface area contributed by atoms with Crippen LogP contribution in [0.3, 0.4) is 0 Å². The Hall–Kier alpha value is -0.890. The van der Waals surface area contributed by atoms with Gasteiger partial charge in [0.15, 0.2) is 0 Å². The SMILES string of the molecule is CC(C)c1cc(C2CCOCC2)c(C(C)C)cc1F. The van der Waals surface area contributed by atoms with Gasteiger partial charge in [-0.15, -0.1) is 0 Å². The van der Waals surface area contributed by atoms with E-state index in [2.05, 4.69) is 33.8 Å². The van der Waals surface area contributed by atoms with E-state index in [-0.39, 0.29) is 11.7 Å². The van der Waals surface area contributed by atoms with Crippen LogP contribution in [0.2, 0.25) is 0 Å². The van der Waals surface area contributed by atoms with Gasteiger partial charge in [0.05, 0.1) is 0 Å². The Morgan fingerprint density at radius 1 is 1.00 bits per heavy atom. The Labute approximate surface area is 116 Å². The molecule has 0 aliphatic carbocycles. The summed E-state index contributed by atoms with van der Waals surface area (Å²) >= 11 is 0. The summed E-state index contributed by atoms with van der Waals surface area (Å²) in [6, 6.07) is 3.89. The number of rotatable bonds is 3. The van der Waals surface area contributed by atoms with Gasteiger partial charge >= 0.3 is 0 Å². The van der Waals surface area contributed by atoms with E-state index >= 15 is 0 Å². The van der Waals surface area contributed by atoms with Crippen LogP contribution in [-0.2, 0) is 4.74 Å². The predicted molar refractivity (Wildman–Crippen MR) is 77.4 cm³/mol. The molecule has 1 heterocycles. The zero-order valence-corrected chi connectivity index (χ0v) is 12.5. The molecule has 2 heteroatoms. The molecule has 0 atom stereocenters. The molecule has 1 saturated heterocycles. The van der Waals surface area contributed by atoms with Crippen molar-refractivity contribution in [3.8, 4) is 0 Å². The summed E-state index contributed by atoms with van der Waals surface area (Å²) < 4.78 is 19.6. The van der Waals surface area contributed by atoms with Crippen LogP contribution in [0.1, 0.15) is 75.0 Å². The van der Waals surface area contributed by atoms with E-state index in [1.165, 1.54) is 11.1 Å². The second-order valence-electron chi connectivity index (χ2n) is 6.20. The van der Waals surface area contributed by atoms with Crippen molar-refractivity contribution in [3.05, 3.63) is 34.6 Å². The second kappa shape index (κ2) is 6.04. The van der Waals surface area contributed by atoms with Crippen molar-refractivity contribution in [1.82, 2.24) is 0 Å². The lowest BCUT2D eigenvalue weighted by molar-refractivity contribution is 0.0851. The van der Waals surface area contributed by atoms with Gasteiger partial charge in [-0.2, -0.15) is 0 Å². The maximum absolute atomic E-state index is 14.2. The predicted octanol–water partition coefficient (Wildman–Crippen LogP) is 4.97. The van der Waals surface area contributed by atoms with Crippen molar-refractivity contribution >= 4 is 0 Å². The van der Waals surface area contributed by atoms with Crippen molar-refractivity contribution in [3.63, 3.8) is 0 Å². The fourth-order valence-corrected chi connectivity index (χ4v) is 2.93. The molecular formula is C17H25FO. The zero-order valence-electron chi connectivity index (χ0n) is 12.5. The van der Waals surface area contributed by atoms with Gasteiger partial charge in [0.2, 0.25) is 0 Å². The molecule has 1 aliphatic heterocycles. The first-order chi connectivity index (χ1) is 9.00. The molecule has 0 spiro atoms. The fraction of sp³-hybridized carbons (Fsp3) is 0.647. The summed E-state index contributed by atoms with van der Waals surface area (Å²) in [5.74, 6) is 1.09. The highest BCUT2D eigenvalue weighted by Crippen LogP contribution is 2.36. The topological polar surface area (TPSA) is 9.23 Å². The molecule has 106 valence electrons. The molecular weight excluding hydrogens is 239 g/mol. The highest BCUT2D eigenvalue weighted by molar-refractivity contribution is 5.39. The van der Waals surface area contributed by atoms with E-state index < -0.39 is 0 Å². The van der Waals surface area contributed by atoms with Crippen LogP contribution in [0.5, 0.6) is 0 Å². The van der Waals surface area contributed by atoms with Gasteiger partial charge in [0, 0.05) is 13.2 Å². The third kappa shape index (κ3) is 3.17. The third-order valence-electron chi connectivity index (χ3n) is 4.11. The summed E-state index contributed by atoms with van der Waals surface area (Å²) in [6.45, 7) is 10.1. The minimum atomic E-state index is -0.0468. The lowest BCUT2D eigenvalue weighted by Gasteiger charge is -2.27. The van der Waals surface area contributed by atoms with E-state index in [0.717, 1.165) is 31.6 Å². The Morgan fingerprint density at radius 2 is 1.58 bits per heavy atom. The molecule has 0 unspecified atom stereocenters. The first-order valence-electron chi connectivity index (χ1n) is 7.41. The van der Waals surface area contributed by atoms with Crippen molar-refractivity contribution < 1.29 is 9.13 Å². The van der Waals surface area contributed by atoms with Gasteiger partial charge in [0.1, 0.15) is 5.82 Å². The minimum absolute atomic E-state index is 0.0468. The van der Waals surface area contributed by atoms with Crippen LogP contribution in [0.25, 0.3) is 0 Å². The van der Waals surface area contributed by atoms with Crippen molar-refractivity contribution in [2.24, 2.45) is 0 Å². The molecule has 0 bridgehead atoms. The van der Waals surface area contributed by atoms with Crippen molar-refractivity contribution in [1.29, 1.82) is 0 Å². The van der Waals surface area contributed by atoms with E-state index in [1.807, 2.05) is 0 Å². The van der Waals surface area contributed by atoms with Crippen LogP contribution >= 0.6 is 0 Å². The monoisotopic (exact) mass is 264 g/mol. The summed E-state index contributed by atoms with van der Waals surface area (Å²) in [5.41, 5.74) is 3.38. The lowest BCUT2D eigenvalue weighted by atomic mass is 9.82. The molecule has 0 aromatic heterocycles. The Kier molecular flexibility index (Phi) is 4.62. The Balaban J connectivity index is 2.45. The zero-order chi connectivity index (χ0) is 14.0. The smallest absolute Gasteiger partial charge is 0.126 e. The fourth-order valence-electron chi connectivity index (χ4n) is 2.93. The third-order valence-corrected chi connectivity index (χ3v) is 4.11. The standard InChI is InChI=1S/C17H25FO/c1-11(2)14-10-17(18)15(12(3)4)9-16(14)13-5-7-19-8-6-13/h9-13H,5-8H2,1-4H3. The van der Waals surface area contributed by atoms with Crippen molar-refractivity contribution in [2.75, 3.05) is 13.2 Å². The first kappa shape index (κ1) is 14.5. The highest BCUT2D eigenvalue weighted by atomic mass is 19.1. The number of hydrogen-bond acceptors (Lipinski definition) is 1. The van der Waals surface area contributed by atoms with Gasteiger partial charge in [-0.05, 0) is 53.4 Å². The molecule has 1 aliphatic rings. The van der Waals surface area contributed by atoms with E-state index in [1.54, 1.807) is 6.07 Å². The minimum Gasteiger partial charge on any atom is -0.381 e. The van der Waals surface area contributed by atoms with Crippen LogP contribution in [-0.4, -0.2) is 13.2 Å². The quantitative estimate of drug-likeness (QED) is 0.749. The number of benzene rings is 1. The number of ether oxygens (including phenoxy) is 1. The molecule has 1 fully saturated rings. The molecule has 19 heavy (non-hydrogen) atoms. The lowest BCUT2D eigenvalue weighted by Crippen LogP contribution is -2.16. The van der Waals surface area contributed by atoms with Crippen LogP contribution in [0.15, 0.2) is 12.1 Å². The van der Waals surface area contributed by atoms with Crippen LogP contribution < -0.4 is 0 Å². The van der Waals surface area contributed by atoms with Crippen LogP contribution in [0, 0.1) is 5.82 Å². The number of hydrogen-bond donors (Lipinski definition) is 0. The molecule has 0 radical (unpaired) electrons. The van der Waals surface area contributed by atoms with Gasteiger partial charge in [0.25, 0.3) is 0 Å². The average molecular weight is 264 g/mol. The van der Waals surface area contributed by atoms with Gasteiger partial charge in [-0.3, -0.25) is 0 Å². The Bertz CT molecular complexity index is 431. The van der Waals surface area contributed by atoms with Gasteiger partial charge in [-0.1, -0.05) is 33.8 Å². The summed E-state index contributed by atoms with van der Waals surface area (Å²) in [4.78, 5) is 0. The van der Waals surface area contributed by atoms with Crippen LogP contribution in [0.4, 0.5) is 4.39 Å². The van der Waals surface area contributed by atoms with E-state index in [0.29, 0.717) is 11.8 Å². The highest BCUT2D eigenvalue weighted by Gasteiger charge is 2.22. The second-order valence-corrected chi connectivity index (χ2v) is 6.20. The average Bonchev–Trinajstić information content (AvgIpc) is 2.38. The summed E-state index contributed by atoms with van der Waals surface area (Å²) in [7, 11) is 0. The molecule has 2 rings (SSSR count). The molecule has 0 N–H and O–H groups in total. The first-order valence-corrected chi connectivity index (χ1v) is 7.41. The maximum atomic E-state index is 14.2. The van der Waals surface area contributed by atoms with Gasteiger partial charge < -0.3 is 4.74 Å². The van der Waals surface area contributed by atoms with Gasteiger partial charge in [-0.25, -0.2) is 4.39 Å². The molecule has 1 nitrogen and oxygen atoms in total. The maximum Gasteiger partial charge on any atom is 0.126 e. The number of halogens is 1. The summed E-state index contributed by atoms with van der Waals surface area (Å²) in [6.07, 6.45) is 2.12. The van der Waals surface area contributed by atoms with E-state index in [4.69, 9.17) is 4.74 Å². The largest absolute Gasteiger partial charge is 0.381 e.